The van der Waals surface area contributed by atoms with Gasteiger partial charge < -0.3 is 20.7 Å². The number of hydrogen-bond acceptors (Lipinski definition) is 6. The summed E-state index contributed by atoms with van der Waals surface area (Å²) in [5.74, 6) is -0.348. The number of hydrogen-bond donors (Lipinski definition) is 3. The lowest BCUT2D eigenvalue weighted by molar-refractivity contribution is -0.117. The van der Waals surface area contributed by atoms with Crippen LogP contribution in [-0.4, -0.2) is 31.1 Å². The van der Waals surface area contributed by atoms with E-state index >= 15 is 0 Å². The average molecular weight is 542 g/mol. The van der Waals surface area contributed by atoms with Gasteiger partial charge in [-0.1, -0.05) is 30.3 Å². The lowest BCUT2D eigenvalue weighted by Gasteiger charge is -2.14. The fraction of sp³-hybridized carbons (Fsp3) is 0.107. The second kappa shape index (κ2) is 11.5. The molecule has 0 radical (unpaired) electrons. The van der Waals surface area contributed by atoms with Gasteiger partial charge >= 0.3 is 6.03 Å². The molecule has 0 aliphatic rings. The summed E-state index contributed by atoms with van der Waals surface area (Å²) in [5, 5.41) is 8.01. The summed E-state index contributed by atoms with van der Waals surface area (Å²) in [5.41, 5.74) is 2.04. The van der Waals surface area contributed by atoms with Crippen molar-refractivity contribution in [2.45, 2.75) is 20.1 Å². The van der Waals surface area contributed by atoms with Crippen molar-refractivity contribution in [2.75, 3.05) is 16.0 Å². The highest BCUT2D eigenvalue weighted by Crippen LogP contribution is 2.27. The Hall–Kier alpha value is -5.52. The van der Waals surface area contributed by atoms with Gasteiger partial charge in [0.15, 0.2) is 0 Å². The minimum Gasteiger partial charge on any atom is -0.485 e. The molecule has 2 aromatic heterocycles. The lowest BCUT2D eigenvalue weighted by Crippen LogP contribution is -2.27. The number of urea groups is 1. The van der Waals surface area contributed by atoms with Crippen molar-refractivity contribution in [1.82, 2.24) is 19.2 Å². The van der Waals surface area contributed by atoms with Gasteiger partial charge in [0.1, 0.15) is 31.0 Å². The number of ether oxygens (including phenoxy) is 1. The predicted octanol–water partition coefficient (Wildman–Crippen LogP) is 4.20. The molecule has 0 unspecified atom stereocenters. The molecule has 0 aliphatic carbocycles. The average Bonchev–Trinajstić information content (AvgIpc) is 3.32. The van der Waals surface area contributed by atoms with Crippen LogP contribution >= 0.6 is 0 Å². The van der Waals surface area contributed by atoms with Crippen molar-refractivity contribution in [3.63, 3.8) is 0 Å². The van der Waals surface area contributed by atoms with E-state index in [1.54, 1.807) is 48.5 Å². The van der Waals surface area contributed by atoms with Crippen molar-refractivity contribution < 1.29 is 18.7 Å². The third-order valence-corrected chi connectivity index (χ3v) is 5.70. The first-order chi connectivity index (χ1) is 19.3. The number of anilines is 3. The van der Waals surface area contributed by atoms with E-state index in [1.807, 2.05) is 13.0 Å². The van der Waals surface area contributed by atoms with Crippen LogP contribution in [-0.2, 0) is 17.9 Å². The van der Waals surface area contributed by atoms with Crippen molar-refractivity contribution in [1.29, 1.82) is 0 Å². The number of benzene rings is 3. The lowest BCUT2D eigenvalue weighted by atomic mass is 10.2. The van der Waals surface area contributed by atoms with Gasteiger partial charge in [-0.05, 0) is 55.0 Å². The molecule has 11 nitrogen and oxygen atoms in total. The highest BCUT2D eigenvalue weighted by molar-refractivity contribution is 6.00. The van der Waals surface area contributed by atoms with Crippen molar-refractivity contribution in [2.24, 2.45) is 0 Å². The summed E-state index contributed by atoms with van der Waals surface area (Å²) in [6, 6.07) is 20.4. The molecule has 0 saturated carbocycles. The van der Waals surface area contributed by atoms with Gasteiger partial charge in [0.05, 0.1) is 11.4 Å². The van der Waals surface area contributed by atoms with Crippen LogP contribution in [0.15, 0.2) is 90.0 Å². The fourth-order valence-corrected chi connectivity index (χ4v) is 3.91. The van der Waals surface area contributed by atoms with Gasteiger partial charge in [0, 0.05) is 17.4 Å². The Morgan fingerprint density at radius 1 is 0.925 bits per heavy atom. The molecule has 3 N–H and O–H groups in total. The Bertz CT molecular complexity index is 1750. The summed E-state index contributed by atoms with van der Waals surface area (Å²) in [6.45, 7) is 1.64. The van der Waals surface area contributed by atoms with Crippen molar-refractivity contribution in [3.05, 3.63) is 113 Å². The zero-order chi connectivity index (χ0) is 28.1. The highest BCUT2D eigenvalue weighted by Gasteiger charge is 2.14. The first kappa shape index (κ1) is 26.1. The van der Waals surface area contributed by atoms with Gasteiger partial charge in [-0.15, -0.1) is 0 Å². The molecule has 0 aliphatic heterocycles. The van der Waals surface area contributed by atoms with Crippen LogP contribution in [0.2, 0.25) is 0 Å². The smallest absolute Gasteiger partial charge is 0.323 e. The van der Waals surface area contributed by atoms with Crippen LogP contribution in [0.3, 0.4) is 0 Å². The Morgan fingerprint density at radius 3 is 2.52 bits per heavy atom. The number of para-hydroxylation sites is 1. The van der Waals surface area contributed by atoms with E-state index in [4.69, 9.17) is 4.74 Å². The molecular weight excluding hydrogens is 517 g/mol. The quantitative estimate of drug-likeness (QED) is 0.270. The number of aryl methyl sites for hydroxylation is 1. The molecule has 3 aromatic carbocycles. The second-order valence-corrected chi connectivity index (χ2v) is 8.83. The first-order valence-corrected chi connectivity index (χ1v) is 12.2. The maximum atomic E-state index is 13.4. The molecule has 5 aromatic rings. The number of carbonyl (C=O) groups excluding carboxylic acids is 2. The maximum Gasteiger partial charge on any atom is 0.323 e. The van der Waals surface area contributed by atoms with Crippen molar-refractivity contribution >= 4 is 34.8 Å². The zero-order valence-electron chi connectivity index (χ0n) is 21.3. The van der Waals surface area contributed by atoms with E-state index in [9.17, 15) is 18.8 Å². The molecule has 0 saturated heterocycles. The van der Waals surface area contributed by atoms with Gasteiger partial charge in [-0.2, -0.15) is 9.50 Å². The van der Waals surface area contributed by atoms with Gasteiger partial charge in [-0.25, -0.2) is 14.2 Å². The number of nitrogens with one attached hydrogen (secondary N) is 3. The molecule has 3 amide bonds. The highest BCUT2D eigenvalue weighted by atomic mass is 19.1. The van der Waals surface area contributed by atoms with Gasteiger partial charge in [-0.3, -0.25) is 14.3 Å². The number of carbonyl (C=O) groups is 2. The third-order valence-electron chi connectivity index (χ3n) is 5.70. The van der Waals surface area contributed by atoms with Crippen LogP contribution < -0.4 is 26.2 Å². The Balaban J connectivity index is 1.27. The monoisotopic (exact) mass is 541 g/mol. The third kappa shape index (κ3) is 6.30. The Kier molecular flexibility index (Phi) is 7.49. The number of rotatable bonds is 8. The van der Waals surface area contributed by atoms with Crippen molar-refractivity contribution in [3.8, 4) is 5.75 Å². The number of fused-ring (bicyclic) bond motifs is 1. The molecule has 5 rings (SSSR count). The van der Waals surface area contributed by atoms with Crippen LogP contribution in [0.5, 0.6) is 5.75 Å². The van der Waals surface area contributed by atoms with Gasteiger partial charge in [0.2, 0.25) is 5.91 Å². The molecular formula is C28H24FN7O4. The van der Waals surface area contributed by atoms with E-state index in [0.717, 1.165) is 5.56 Å². The van der Waals surface area contributed by atoms with E-state index in [0.29, 0.717) is 28.5 Å². The number of amides is 3. The molecule has 40 heavy (non-hydrogen) atoms. The second-order valence-electron chi connectivity index (χ2n) is 8.83. The summed E-state index contributed by atoms with van der Waals surface area (Å²) in [6.07, 6.45) is 1.36. The predicted molar refractivity (Wildman–Crippen MR) is 147 cm³/mol. The number of halogens is 1. The summed E-state index contributed by atoms with van der Waals surface area (Å²) in [4.78, 5) is 46.3. The minimum atomic E-state index is -0.584. The van der Waals surface area contributed by atoms with Crippen LogP contribution in [0.1, 0.15) is 11.3 Å². The summed E-state index contributed by atoms with van der Waals surface area (Å²) in [7, 11) is 0. The van der Waals surface area contributed by atoms with E-state index in [-0.39, 0.29) is 24.8 Å². The van der Waals surface area contributed by atoms with Crippen LogP contribution in [0.25, 0.3) is 5.78 Å². The maximum absolute atomic E-state index is 13.4. The SMILES string of the molecule is Cc1ccc(NC(=O)Nc2cccc(F)c2)c(OCc2cc(=O)n3c(ncn3CC(=O)Nc3ccccc3)n2)c1. The fourth-order valence-electron chi connectivity index (χ4n) is 3.91. The topological polar surface area (TPSA) is 132 Å². The number of nitrogens with zero attached hydrogens (tertiary/aromatic N) is 4. The van der Waals surface area contributed by atoms with Crippen LogP contribution in [0, 0.1) is 12.7 Å². The Labute approximate surface area is 227 Å². The standard InChI is InChI=1S/C28H24FN7O4/c1-18-10-11-23(34-28(39)33-21-9-5-6-19(29)13-21)24(12-18)40-16-22-14-26(38)36-27(32-22)30-17-35(36)15-25(37)31-20-7-3-2-4-8-20/h2-14,17H,15-16H2,1H3,(H,31,37)(H2,33,34,39). The molecule has 0 bridgehead atoms. The molecule has 0 fully saturated rings. The van der Waals surface area contributed by atoms with E-state index < -0.39 is 17.4 Å². The molecule has 2 heterocycles. The normalized spacial score (nSPS) is 10.8. The molecule has 12 heteroatoms. The number of aromatic nitrogens is 4. The molecule has 202 valence electrons. The van der Waals surface area contributed by atoms with E-state index in [1.165, 1.54) is 39.8 Å². The zero-order valence-corrected chi connectivity index (χ0v) is 21.3. The van der Waals surface area contributed by atoms with Gasteiger partial charge in [0.25, 0.3) is 11.3 Å². The summed E-state index contributed by atoms with van der Waals surface area (Å²) >= 11 is 0. The minimum absolute atomic E-state index is 0.0866. The Morgan fingerprint density at radius 2 is 1.73 bits per heavy atom. The first-order valence-electron chi connectivity index (χ1n) is 12.2. The van der Waals surface area contributed by atoms with Crippen LogP contribution in [0.4, 0.5) is 26.2 Å². The largest absolute Gasteiger partial charge is 0.485 e. The molecule has 0 atom stereocenters. The summed E-state index contributed by atoms with van der Waals surface area (Å²) < 4.78 is 21.9. The molecule has 0 spiro atoms. The van der Waals surface area contributed by atoms with E-state index in [2.05, 4.69) is 25.9 Å².